The molecule has 0 saturated heterocycles. The van der Waals surface area contributed by atoms with Gasteiger partial charge >= 0.3 is 0 Å². The van der Waals surface area contributed by atoms with E-state index in [1.165, 1.54) is 35.2 Å². The van der Waals surface area contributed by atoms with E-state index in [2.05, 4.69) is 5.32 Å². The van der Waals surface area contributed by atoms with Crippen molar-refractivity contribution in [3.63, 3.8) is 0 Å². The molecular formula is C33H39Cl2N3O4S. The van der Waals surface area contributed by atoms with Gasteiger partial charge in [0.2, 0.25) is 11.8 Å². The third-order valence-electron chi connectivity index (χ3n) is 8.02. The maximum Gasteiger partial charge on any atom is 0.264 e. The van der Waals surface area contributed by atoms with Crippen LogP contribution in [0.3, 0.4) is 0 Å². The van der Waals surface area contributed by atoms with Crippen LogP contribution in [-0.4, -0.2) is 43.8 Å². The van der Waals surface area contributed by atoms with Gasteiger partial charge in [0.1, 0.15) is 12.6 Å². The van der Waals surface area contributed by atoms with Crippen LogP contribution in [0.25, 0.3) is 0 Å². The Morgan fingerprint density at radius 2 is 1.60 bits per heavy atom. The van der Waals surface area contributed by atoms with Gasteiger partial charge in [-0.1, -0.05) is 91.3 Å². The summed E-state index contributed by atoms with van der Waals surface area (Å²) in [7, 11) is -4.20. The Morgan fingerprint density at radius 1 is 0.930 bits per heavy atom. The number of halogens is 2. The minimum atomic E-state index is -4.20. The number of anilines is 1. The predicted molar refractivity (Wildman–Crippen MR) is 173 cm³/mol. The summed E-state index contributed by atoms with van der Waals surface area (Å²) < 4.78 is 29.1. The molecule has 0 radical (unpaired) electrons. The van der Waals surface area contributed by atoms with E-state index in [1.807, 2.05) is 45.0 Å². The van der Waals surface area contributed by atoms with Gasteiger partial charge in [0, 0.05) is 12.6 Å². The van der Waals surface area contributed by atoms with E-state index in [1.54, 1.807) is 12.1 Å². The number of benzene rings is 3. The Balaban J connectivity index is 1.73. The van der Waals surface area contributed by atoms with Crippen molar-refractivity contribution in [2.75, 3.05) is 10.8 Å². The van der Waals surface area contributed by atoms with E-state index in [0.29, 0.717) is 6.42 Å². The maximum absolute atomic E-state index is 14.3. The minimum Gasteiger partial charge on any atom is -0.352 e. The quantitative estimate of drug-likeness (QED) is 0.242. The number of nitrogens with one attached hydrogen (secondary N) is 1. The number of sulfonamides is 1. The second kappa shape index (κ2) is 14.6. The van der Waals surface area contributed by atoms with Crippen LogP contribution in [0.5, 0.6) is 0 Å². The SMILES string of the molecule is CC[C@@H](C(=O)NC1CCCCC1)N(Cc1ccccc1C)C(=O)CN(c1ccc(Cl)c(Cl)c1)S(=O)(=O)c1ccc(C)cc1. The smallest absolute Gasteiger partial charge is 0.264 e. The van der Waals surface area contributed by atoms with Crippen molar-refractivity contribution in [1.29, 1.82) is 0 Å². The predicted octanol–water partition coefficient (Wildman–Crippen LogP) is 7.06. The van der Waals surface area contributed by atoms with Crippen molar-refractivity contribution < 1.29 is 18.0 Å². The third kappa shape index (κ3) is 8.11. The molecular weight excluding hydrogens is 605 g/mol. The molecule has 3 aromatic carbocycles. The summed E-state index contributed by atoms with van der Waals surface area (Å²) in [5.41, 5.74) is 2.94. The molecule has 0 spiro atoms. The lowest BCUT2D eigenvalue weighted by molar-refractivity contribution is -0.140. The zero-order valence-corrected chi connectivity index (χ0v) is 27.2. The summed E-state index contributed by atoms with van der Waals surface area (Å²) >= 11 is 12.5. The summed E-state index contributed by atoms with van der Waals surface area (Å²) in [6.45, 7) is 5.30. The van der Waals surface area contributed by atoms with Gasteiger partial charge in [-0.2, -0.15) is 0 Å². The molecule has 7 nitrogen and oxygen atoms in total. The first-order valence-corrected chi connectivity index (χ1v) is 16.9. The molecule has 2 amide bonds. The third-order valence-corrected chi connectivity index (χ3v) is 10.5. The number of carbonyl (C=O) groups is 2. The van der Waals surface area contributed by atoms with Gasteiger partial charge in [0.25, 0.3) is 10.0 Å². The molecule has 10 heteroatoms. The molecule has 0 heterocycles. The van der Waals surface area contributed by atoms with Gasteiger partial charge in [-0.3, -0.25) is 13.9 Å². The van der Waals surface area contributed by atoms with Gasteiger partial charge in [-0.15, -0.1) is 0 Å². The Bertz CT molecular complexity index is 1540. The van der Waals surface area contributed by atoms with Crippen molar-refractivity contribution in [2.45, 2.75) is 82.8 Å². The van der Waals surface area contributed by atoms with Crippen LogP contribution >= 0.6 is 23.2 Å². The molecule has 1 aliphatic rings. The summed E-state index contributed by atoms with van der Waals surface area (Å²) in [4.78, 5) is 29.5. The van der Waals surface area contributed by atoms with Crippen LogP contribution in [0, 0.1) is 13.8 Å². The Hall–Kier alpha value is -3.07. The number of nitrogens with zero attached hydrogens (tertiary/aromatic N) is 2. The van der Waals surface area contributed by atoms with E-state index in [4.69, 9.17) is 23.2 Å². The Labute approximate surface area is 265 Å². The molecule has 1 atom stereocenters. The topological polar surface area (TPSA) is 86.8 Å². The fourth-order valence-electron chi connectivity index (χ4n) is 5.44. The van der Waals surface area contributed by atoms with E-state index >= 15 is 0 Å². The summed E-state index contributed by atoms with van der Waals surface area (Å²) in [6, 6.07) is 17.8. The van der Waals surface area contributed by atoms with Crippen LogP contribution in [0.4, 0.5) is 5.69 Å². The zero-order chi connectivity index (χ0) is 31.1. The average molecular weight is 645 g/mol. The van der Waals surface area contributed by atoms with Gasteiger partial charge in [-0.25, -0.2) is 8.42 Å². The second-order valence-corrected chi connectivity index (χ2v) is 13.8. The number of hydrogen-bond acceptors (Lipinski definition) is 4. The van der Waals surface area contributed by atoms with Crippen molar-refractivity contribution >= 4 is 50.7 Å². The van der Waals surface area contributed by atoms with Crippen molar-refractivity contribution in [2.24, 2.45) is 0 Å². The number of aryl methyl sites for hydroxylation is 2. The molecule has 0 aromatic heterocycles. The summed E-state index contributed by atoms with van der Waals surface area (Å²) in [5, 5.41) is 3.59. The number of rotatable bonds is 11. The first kappa shape index (κ1) is 32.8. The van der Waals surface area contributed by atoms with Crippen LogP contribution < -0.4 is 9.62 Å². The van der Waals surface area contributed by atoms with Crippen molar-refractivity contribution in [3.8, 4) is 0 Å². The lowest BCUT2D eigenvalue weighted by atomic mass is 9.95. The minimum absolute atomic E-state index is 0.0320. The Kier molecular flexibility index (Phi) is 11.2. The standard InChI is InChI=1S/C33H39Cl2N3O4S/c1-4-31(33(40)36-26-12-6-5-7-13-26)37(21-25-11-9-8-10-24(25)3)32(39)22-38(27-16-19-29(34)30(35)20-27)43(41,42)28-17-14-23(2)15-18-28/h8-11,14-20,26,31H,4-7,12-13,21-22H2,1-3H3,(H,36,40)/t31-/m0/s1. The second-order valence-electron chi connectivity index (χ2n) is 11.1. The lowest BCUT2D eigenvalue weighted by Crippen LogP contribution is -2.54. The van der Waals surface area contributed by atoms with E-state index in [0.717, 1.165) is 53.1 Å². The molecule has 1 saturated carbocycles. The van der Waals surface area contributed by atoms with Crippen LogP contribution in [0.15, 0.2) is 71.6 Å². The fraction of sp³-hybridized carbons (Fsp3) is 0.394. The average Bonchev–Trinajstić information content (AvgIpc) is 2.98. The molecule has 43 heavy (non-hydrogen) atoms. The highest BCUT2D eigenvalue weighted by atomic mass is 35.5. The van der Waals surface area contributed by atoms with Crippen LogP contribution in [0.1, 0.15) is 62.1 Å². The highest BCUT2D eigenvalue weighted by molar-refractivity contribution is 7.92. The first-order valence-electron chi connectivity index (χ1n) is 14.7. The molecule has 0 unspecified atom stereocenters. The van der Waals surface area contributed by atoms with E-state index in [9.17, 15) is 18.0 Å². The van der Waals surface area contributed by atoms with Crippen molar-refractivity contribution in [3.05, 3.63) is 93.5 Å². The molecule has 1 N–H and O–H groups in total. The molecule has 230 valence electrons. The van der Waals surface area contributed by atoms with Crippen LogP contribution in [-0.2, 0) is 26.2 Å². The Morgan fingerprint density at radius 3 is 2.23 bits per heavy atom. The molecule has 0 bridgehead atoms. The largest absolute Gasteiger partial charge is 0.352 e. The highest BCUT2D eigenvalue weighted by Gasteiger charge is 2.34. The molecule has 3 aromatic rings. The van der Waals surface area contributed by atoms with E-state index < -0.39 is 28.5 Å². The van der Waals surface area contributed by atoms with Gasteiger partial charge in [0.15, 0.2) is 0 Å². The van der Waals surface area contributed by atoms with Crippen molar-refractivity contribution in [1.82, 2.24) is 10.2 Å². The number of hydrogen-bond donors (Lipinski definition) is 1. The zero-order valence-electron chi connectivity index (χ0n) is 24.9. The monoisotopic (exact) mass is 643 g/mol. The molecule has 0 aliphatic heterocycles. The molecule has 1 aliphatic carbocycles. The normalized spacial score (nSPS) is 14.6. The first-order chi connectivity index (χ1) is 20.5. The maximum atomic E-state index is 14.3. The summed E-state index contributed by atoms with van der Waals surface area (Å²) in [5.74, 6) is -0.727. The van der Waals surface area contributed by atoms with E-state index in [-0.39, 0.29) is 39.1 Å². The van der Waals surface area contributed by atoms with Gasteiger partial charge in [0.05, 0.1) is 20.6 Å². The summed E-state index contributed by atoms with van der Waals surface area (Å²) in [6.07, 6.45) is 5.46. The van der Waals surface area contributed by atoms with Crippen LogP contribution in [0.2, 0.25) is 10.0 Å². The molecule has 1 fully saturated rings. The van der Waals surface area contributed by atoms with Gasteiger partial charge in [-0.05, 0) is 74.6 Å². The number of carbonyl (C=O) groups excluding carboxylic acids is 2. The molecule has 4 rings (SSSR count). The van der Waals surface area contributed by atoms with Gasteiger partial charge < -0.3 is 10.2 Å². The lowest BCUT2D eigenvalue weighted by Gasteiger charge is -2.34. The number of amides is 2. The fourth-order valence-corrected chi connectivity index (χ4v) is 7.14. The highest BCUT2D eigenvalue weighted by Crippen LogP contribution is 2.31.